The number of rotatable bonds is 3. The first-order valence-electron chi connectivity index (χ1n) is 9.60. The van der Waals surface area contributed by atoms with Gasteiger partial charge in [-0.05, 0) is 38.1 Å². The van der Waals surface area contributed by atoms with E-state index in [9.17, 15) is 4.79 Å². The summed E-state index contributed by atoms with van der Waals surface area (Å²) >= 11 is 6.05. The molecule has 0 radical (unpaired) electrons. The minimum Gasteiger partial charge on any atom is -0.336 e. The summed E-state index contributed by atoms with van der Waals surface area (Å²) in [6, 6.07) is 7.72. The summed E-state index contributed by atoms with van der Waals surface area (Å²) in [6.45, 7) is 7.28. The third-order valence-corrected chi connectivity index (χ3v) is 5.70. The van der Waals surface area contributed by atoms with E-state index in [4.69, 9.17) is 16.7 Å². The van der Waals surface area contributed by atoms with Crippen LogP contribution in [0.2, 0.25) is 5.02 Å². The zero-order valence-electron chi connectivity index (χ0n) is 16.4. The maximum Gasteiger partial charge on any atom is 0.257 e. The molecule has 4 rings (SSSR count). The van der Waals surface area contributed by atoms with Crippen molar-refractivity contribution in [3.05, 3.63) is 52.4 Å². The first-order chi connectivity index (χ1) is 13.5. The molecule has 0 aliphatic carbocycles. The van der Waals surface area contributed by atoms with Gasteiger partial charge in [-0.15, -0.1) is 0 Å². The summed E-state index contributed by atoms with van der Waals surface area (Å²) in [7, 11) is 2.08. The summed E-state index contributed by atoms with van der Waals surface area (Å²) in [4.78, 5) is 21.8. The van der Waals surface area contributed by atoms with Gasteiger partial charge in [-0.3, -0.25) is 4.79 Å². The molecule has 1 fully saturated rings. The molecule has 0 N–H and O–H groups in total. The molecule has 0 saturated carbocycles. The highest BCUT2D eigenvalue weighted by Gasteiger charge is 2.24. The molecule has 6 nitrogen and oxygen atoms in total. The molecule has 0 bridgehead atoms. The molecular formula is C21H24ClN5O. The second-order valence-corrected chi connectivity index (χ2v) is 7.71. The first-order valence-corrected chi connectivity index (χ1v) is 9.98. The fourth-order valence-corrected chi connectivity index (χ4v) is 3.81. The highest BCUT2D eigenvalue weighted by Crippen LogP contribution is 2.30. The molecule has 1 aliphatic rings. The Labute approximate surface area is 169 Å². The molecule has 1 aliphatic heterocycles. The predicted octanol–water partition coefficient (Wildman–Crippen LogP) is 3.31. The zero-order chi connectivity index (χ0) is 19.8. The number of amides is 1. The Morgan fingerprint density at radius 1 is 1.14 bits per heavy atom. The highest BCUT2D eigenvalue weighted by molar-refractivity contribution is 6.30. The number of fused-ring (bicyclic) bond motifs is 1. The average molecular weight is 398 g/mol. The van der Waals surface area contributed by atoms with Crippen LogP contribution in [0.4, 0.5) is 0 Å². The van der Waals surface area contributed by atoms with Crippen LogP contribution in [-0.2, 0) is 6.42 Å². The molecule has 0 spiro atoms. The number of aromatic nitrogens is 3. The number of piperazine rings is 1. The molecule has 2 aromatic heterocycles. The standard InChI is InChI=1S/C21H24ClN5O/c1-4-18-19(15-5-7-16(22)8-6-15)20-23-13-17(14(2)27(20)24-18)21(28)26-11-9-25(3)10-12-26/h5-8,13H,4,9-12H2,1-3H3. The minimum absolute atomic E-state index is 0.0293. The van der Waals surface area contributed by atoms with Crippen molar-refractivity contribution in [2.75, 3.05) is 33.2 Å². The maximum absolute atomic E-state index is 13.1. The van der Waals surface area contributed by atoms with Gasteiger partial charge in [0.25, 0.3) is 5.91 Å². The van der Waals surface area contributed by atoms with Crippen LogP contribution >= 0.6 is 11.6 Å². The summed E-state index contributed by atoms with van der Waals surface area (Å²) in [5, 5.41) is 5.47. The lowest BCUT2D eigenvalue weighted by Crippen LogP contribution is -2.47. The number of carbonyl (C=O) groups is 1. The number of nitrogens with zero attached hydrogens (tertiary/aromatic N) is 5. The van der Waals surface area contributed by atoms with Crippen molar-refractivity contribution in [1.82, 2.24) is 24.4 Å². The van der Waals surface area contributed by atoms with Gasteiger partial charge in [0.1, 0.15) is 0 Å². The molecule has 1 aromatic carbocycles. The van der Waals surface area contributed by atoms with Gasteiger partial charge in [-0.2, -0.15) is 5.10 Å². The van der Waals surface area contributed by atoms with Crippen LogP contribution < -0.4 is 0 Å². The van der Waals surface area contributed by atoms with Crippen LogP contribution in [0.1, 0.15) is 28.7 Å². The molecule has 3 aromatic rings. The van der Waals surface area contributed by atoms with Crippen molar-refractivity contribution in [2.24, 2.45) is 0 Å². The zero-order valence-corrected chi connectivity index (χ0v) is 17.2. The number of hydrogen-bond acceptors (Lipinski definition) is 4. The number of likely N-dealkylation sites (N-methyl/N-ethyl adjacent to an activating group) is 1. The quantitative estimate of drug-likeness (QED) is 0.680. The highest BCUT2D eigenvalue weighted by atomic mass is 35.5. The number of halogens is 1. The van der Waals surface area contributed by atoms with Crippen molar-refractivity contribution in [2.45, 2.75) is 20.3 Å². The molecule has 1 saturated heterocycles. The molecule has 1 amide bonds. The first kappa shape index (κ1) is 18.9. The van der Waals surface area contributed by atoms with E-state index >= 15 is 0 Å². The lowest BCUT2D eigenvalue weighted by molar-refractivity contribution is 0.0662. The van der Waals surface area contributed by atoms with Crippen LogP contribution in [0.3, 0.4) is 0 Å². The average Bonchev–Trinajstić information content (AvgIpc) is 3.08. The van der Waals surface area contributed by atoms with Crippen LogP contribution in [0.5, 0.6) is 0 Å². The maximum atomic E-state index is 13.1. The van der Waals surface area contributed by atoms with Gasteiger partial charge >= 0.3 is 0 Å². The van der Waals surface area contributed by atoms with Gasteiger partial charge in [0.05, 0.1) is 17.0 Å². The van der Waals surface area contributed by atoms with Gasteiger partial charge in [0.2, 0.25) is 0 Å². The monoisotopic (exact) mass is 397 g/mol. The third-order valence-electron chi connectivity index (χ3n) is 5.45. The smallest absolute Gasteiger partial charge is 0.257 e. The largest absolute Gasteiger partial charge is 0.336 e. The Morgan fingerprint density at radius 3 is 2.46 bits per heavy atom. The number of hydrogen-bond donors (Lipinski definition) is 0. The molecular weight excluding hydrogens is 374 g/mol. The van der Waals surface area contributed by atoms with Gasteiger partial charge in [-0.1, -0.05) is 30.7 Å². The summed E-state index contributed by atoms with van der Waals surface area (Å²) < 4.78 is 1.81. The van der Waals surface area contributed by atoms with E-state index in [2.05, 4.69) is 23.9 Å². The summed E-state index contributed by atoms with van der Waals surface area (Å²) in [5.74, 6) is 0.0293. The molecule has 0 unspecified atom stereocenters. The topological polar surface area (TPSA) is 53.7 Å². The Morgan fingerprint density at radius 2 is 1.82 bits per heavy atom. The van der Waals surface area contributed by atoms with Crippen molar-refractivity contribution < 1.29 is 4.79 Å². The second kappa shape index (κ2) is 7.53. The van der Waals surface area contributed by atoms with Crippen molar-refractivity contribution in [1.29, 1.82) is 0 Å². The van der Waals surface area contributed by atoms with Crippen molar-refractivity contribution >= 4 is 23.2 Å². The SMILES string of the molecule is CCc1nn2c(C)c(C(=O)N3CCN(C)CC3)cnc2c1-c1ccc(Cl)cc1. The lowest BCUT2D eigenvalue weighted by Gasteiger charge is -2.32. The minimum atomic E-state index is 0.0293. The molecule has 3 heterocycles. The lowest BCUT2D eigenvalue weighted by atomic mass is 10.0. The van der Waals surface area contributed by atoms with Gasteiger partial charge < -0.3 is 9.80 Å². The molecule has 0 atom stereocenters. The van der Waals surface area contributed by atoms with Crippen LogP contribution in [0.25, 0.3) is 16.8 Å². The van der Waals surface area contributed by atoms with E-state index in [0.29, 0.717) is 10.6 Å². The number of carbonyl (C=O) groups excluding carboxylic acids is 1. The Hall–Kier alpha value is -2.44. The van der Waals surface area contributed by atoms with Crippen LogP contribution in [0, 0.1) is 6.92 Å². The van der Waals surface area contributed by atoms with E-state index in [-0.39, 0.29) is 5.91 Å². The normalized spacial score (nSPS) is 15.4. The van der Waals surface area contributed by atoms with E-state index in [1.807, 2.05) is 40.6 Å². The molecule has 7 heteroatoms. The van der Waals surface area contributed by atoms with Gasteiger partial charge in [0.15, 0.2) is 5.65 Å². The van der Waals surface area contributed by atoms with Crippen molar-refractivity contribution in [3.63, 3.8) is 0 Å². The third kappa shape index (κ3) is 3.27. The van der Waals surface area contributed by atoms with Crippen LogP contribution in [-0.4, -0.2) is 63.5 Å². The number of aryl methyl sites for hydroxylation is 2. The Kier molecular flexibility index (Phi) is 5.08. The van der Waals surface area contributed by atoms with E-state index in [1.165, 1.54) is 0 Å². The molecule has 28 heavy (non-hydrogen) atoms. The molecule has 146 valence electrons. The summed E-state index contributed by atoms with van der Waals surface area (Å²) in [6.07, 6.45) is 2.48. The number of benzene rings is 1. The van der Waals surface area contributed by atoms with E-state index in [1.54, 1.807) is 6.20 Å². The predicted molar refractivity (Wildman–Crippen MR) is 111 cm³/mol. The Balaban J connectivity index is 1.78. The summed E-state index contributed by atoms with van der Waals surface area (Å²) in [5.41, 5.74) is 5.20. The van der Waals surface area contributed by atoms with Crippen LogP contribution in [0.15, 0.2) is 30.5 Å². The fourth-order valence-electron chi connectivity index (χ4n) is 3.69. The second-order valence-electron chi connectivity index (χ2n) is 7.27. The van der Waals surface area contributed by atoms with Gasteiger partial charge in [0, 0.05) is 43.0 Å². The Bertz CT molecular complexity index is 1020. The fraction of sp³-hybridized carbons (Fsp3) is 0.381. The van der Waals surface area contributed by atoms with E-state index < -0.39 is 0 Å². The van der Waals surface area contributed by atoms with Crippen molar-refractivity contribution in [3.8, 4) is 11.1 Å². The van der Waals surface area contributed by atoms with Gasteiger partial charge in [-0.25, -0.2) is 9.50 Å². The van der Waals surface area contributed by atoms with E-state index in [0.717, 1.165) is 60.8 Å².